The van der Waals surface area contributed by atoms with Gasteiger partial charge in [0.1, 0.15) is 6.04 Å². The molecule has 0 aliphatic carbocycles. The smallest absolute Gasteiger partial charge is 0.268 e. The highest BCUT2D eigenvalue weighted by molar-refractivity contribution is 5.97. The number of carbonyl (C=O) groups is 4. The minimum atomic E-state index is -0.914. The van der Waals surface area contributed by atoms with E-state index in [1.807, 2.05) is 0 Å². The number of para-hydroxylation sites is 1. The molecule has 170 valence electrons. The van der Waals surface area contributed by atoms with Crippen molar-refractivity contribution in [1.82, 2.24) is 21.0 Å². The number of nitrogens with two attached hydrogens (primary N) is 1. The molecule has 0 unspecified atom stereocenters. The summed E-state index contributed by atoms with van der Waals surface area (Å²) in [5.41, 5.74) is 5.70. The number of hydroxylamine groups is 2. The first-order chi connectivity index (χ1) is 14.7. The maximum atomic E-state index is 12.0. The summed E-state index contributed by atoms with van der Waals surface area (Å²) in [5, 5.41) is 36.4. The van der Waals surface area contributed by atoms with Gasteiger partial charge in [-0.1, -0.05) is 6.07 Å². The number of carbonyl (C=O) groups excluding carboxylic acids is 4. The molecule has 0 saturated carbocycles. The van der Waals surface area contributed by atoms with Crippen LogP contribution in [0.3, 0.4) is 0 Å². The van der Waals surface area contributed by atoms with Crippen LogP contribution in [0.15, 0.2) is 18.2 Å². The molecule has 12 nitrogen and oxygen atoms in total. The van der Waals surface area contributed by atoms with Crippen molar-refractivity contribution in [2.24, 2.45) is 5.73 Å². The third-order valence-electron chi connectivity index (χ3n) is 4.75. The quantitative estimate of drug-likeness (QED) is 0.138. The SMILES string of the molecule is N[C@H](CCCNC(=O)c1cccc(O)c1O)C(=O)NCC(=O)N[C@H]1CCCN(O)C1=O. The molecule has 1 aliphatic rings. The fourth-order valence-electron chi connectivity index (χ4n) is 3.00. The third-order valence-corrected chi connectivity index (χ3v) is 4.75. The lowest BCUT2D eigenvalue weighted by atomic mass is 10.1. The van der Waals surface area contributed by atoms with E-state index >= 15 is 0 Å². The molecule has 8 N–H and O–H groups in total. The fourth-order valence-corrected chi connectivity index (χ4v) is 3.00. The van der Waals surface area contributed by atoms with Crippen molar-refractivity contribution in [2.45, 2.75) is 37.8 Å². The number of phenols is 2. The van der Waals surface area contributed by atoms with Crippen LogP contribution in [-0.4, -0.2) is 75.8 Å². The second-order valence-corrected chi connectivity index (χ2v) is 7.12. The van der Waals surface area contributed by atoms with Crippen molar-refractivity contribution >= 4 is 23.6 Å². The molecule has 12 heteroatoms. The maximum absolute atomic E-state index is 12.0. The topological polar surface area (TPSA) is 194 Å². The Kier molecular flexibility index (Phi) is 8.58. The number of hydrogen-bond acceptors (Lipinski definition) is 8. The largest absolute Gasteiger partial charge is 0.504 e. The number of hydrogen-bond donors (Lipinski definition) is 7. The number of benzene rings is 1. The molecule has 1 aromatic rings. The van der Waals surface area contributed by atoms with Crippen LogP contribution in [0.4, 0.5) is 0 Å². The average Bonchev–Trinajstić information content (AvgIpc) is 2.74. The van der Waals surface area contributed by atoms with E-state index in [1.165, 1.54) is 18.2 Å². The Hall–Kier alpha value is -3.38. The van der Waals surface area contributed by atoms with Crippen LogP contribution in [0.25, 0.3) is 0 Å². The van der Waals surface area contributed by atoms with Crippen LogP contribution >= 0.6 is 0 Å². The van der Waals surface area contributed by atoms with Gasteiger partial charge in [0.25, 0.3) is 11.8 Å². The van der Waals surface area contributed by atoms with Crippen molar-refractivity contribution in [2.75, 3.05) is 19.6 Å². The third kappa shape index (κ3) is 6.83. The number of amides is 4. The average molecular weight is 437 g/mol. The predicted molar refractivity (Wildman–Crippen MR) is 107 cm³/mol. The summed E-state index contributed by atoms with van der Waals surface area (Å²) in [6.45, 7) is 0.0261. The van der Waals surface area contributed by atoms with E-state index in [9.17, 15) is 34.6 Å². The molecule has 1 saturated heterocycles. The molecule has 0 aromatic heterocycles. The Morgan fingerprint density at radius 1 is 1.23 bits per heavy atom. The molecule has 1 fully saturated rings. The van der Waals surface area contributed by atoms with Crippen LogP contribution in [0.5, 0.6) is 11.5 Å². The minimum absolute atomic E-state index is 0.0752. The van der Waals surface area contributed by atoms with Gasteiger partial charge in [0, 0.05) is 13.1 Å². The molecule has 0 spiro atoms. The van der Waals surface area contributed by atoms with Crippen molar-refractivity contribution in [3.8, 4) is 11.5 Å². The zero-order valence-electron chi connectivity index (χ0n) is 16.8. The van der Waals surface area contributed by atoms with Crippen molar-refractivity contribution in [1.29, 1.82) is 0 Å². The molecular weight excluding hydrogens is 410 g/mol. The van der Waals surface area contributed by atoms with Crippen LogP contribution in [0.1, 0.15) is 36.0 Å². The zero-order chi connectivity index (χ0) is 23.0. The van der Waals surface area contributed by atoms with Crippen molar-refractivity contribution in [3.63, 3.8) is 0 Å². The van der Waals surface area contributed by atoms with Crippen molar-refractivity contribution < 1.29 is 34.6 Å². The van der Waals surface area contributed by atoms with Gasteiger partial charge in [-0.05, 0) is 37.8 Å². The van der Waals surface area contributed by atoms with Crippen molar-refractivity contribution in [3.05, 3.63) is 23.8 Å². The maximum Gasteiger partial charge on any atom is 0.268 e. The van der Waals surface area contributed by atoms with Gasteiger partial charge in [-0.25, -0.2) is 5.06 Å². The normalized spacial score (nSPS) is 17.0. The summed E-state index contributed by atoms with van der Waals surface area (Å²) in [4.78, 5) is 47.6. The lowest BCUT2D eigenvalue weighted by Gasteiger charge is -2.27. The highest BCUT2D eigenvalue weighted by Crippen LogP contribution is 2.27. The number of phenolic OH excluding ortho intramolecular Hbond substituents is 2. The van der Waals surface area contributed by atoms with E-state index in [2.05, 4.69) is 16.0 Å². The molecule has 0 bridgehead atoms. The Balaban J connectivity index is 1.65. The van der Waals surface area contributed by atoms with E-state index in [0.29, 0.717) is 24.3 Å². The molecule has 4 amide bonds. The second-order valence-electron chi connectivity index (χ2n) is 7.12. The van der Waals surface area contributed by atoms with Gasteiger partial charge in [-0.15, -0.1) is 0 Å². The Morgan fingerprint density at radius 2 is 1.97 bits per heavy atom. The fraction of sp³-hybridized carbons (Fsp3) is 0.474. The summed E-state index contributed by atoms with van der Waals surface area (Å²) in [6, 6.07) is 2.28. The van der Waals surface area contributed by atoms with E-state index in [4.69, 9.17) is 5.73 Å². The van der Waals surface area contributed by atoms with Crippen LogP contribution in [-0.2, 0) is 14.4 Å². The summed E-state index contributed by atoms with van der Waals surface area (Å²) >= 11 is 0. The molecule has 31 heavy (non-hydrogen) atoms. The highest BCUT2D eigenvalue weighted by Gasteiger charge is 2.29. The monoisotopic (exact) mass is 437 g/mol. The molecule has 2 atom stereocenters. The first kappa shape index (κ1) is 23.9. The molecule has 1 aliphatic heterocycles. The van der Waals surface area contributed by atoms with Crippen LogP contribution < -0.4 is 21.7 Å². The summed E-state index contributed by atoms with van der Waals surface area (Å²) in [6.07, 6.45) is 1.53. The number of nitrogens with one attached hydrogen (secondary N) is 3. The van der Waals surface area contributed by atoms with Gasteiger partial charge in [0.2, 0.25) is 11.8 Å². The van der Waals surface area contributed by atoms with Gasteiger partial charge >= 0.3 is 0 Å². The van der Waals surface area contributed by atoms with E-state index < -0.39 is 47.2 Å². The summed E-state index contributed by atoms with van der Waals surface area (Å²) in [7, 11) is 0. The standard InChI is InChI=1S/C19H27N5O7/c20-12(5-2-8-21-17(28)11-4-1-7-14(25)16(11)27)18(29)22-10-15(26)23-13-6-3-9-24(31)19(13)30/h1,4,7,12-13,25,27,31H,2-3,5-6,8-10,20H2,(H,21,28)(H,22,29)(H,23,26)/t12-,13+/m1/s1. The molecule has 1 heterocycles. The Labute approximate surface area is 178 Å². The Morgan fingerprint density at radius 3 is 2.71 bits per heavy atom. The first-order valence-corrected chi connectivity index (χ1v) is 9.82. The van der Waals surface area contributed by atoms with Gasteiger partial charge in [0.15, 0.2) is 11.5 Å². The lowest BCUT2D eigenvalue weighted by Crippen LogP contribution is -2.53. The Bertz CT molecular complexity index is 832. The number of rotatable bonds is 9. The second kappa shape index (κ2) is 11.1. The predicted octanol–water partition coefficient (Wildman–Crippen LogP) is -1.45. The van der Waals surface area contributed by atoms with Gasteiger partial charge < -0.3 is 31.9 Å². The number of piperidine rings is 1. The molecule has 2 rings (SSSR count). The summed E-state index contributed by atoms with van der Waals surface area (Å²) in [5.74, 6) is -3.24. The first-order valence-electron chi connectivity index (χ1n) is 9.82. The van der Waals surface area contributed by atoms with Crippen LogP contribution in [0.2, 0.25) is 0 Å². The lowest BCUT2D eigenvalue weighted by molar-refractivity contribution is -0.173. The molecule has 1 aromatic carbocycles. The van der Waals surface area contributed by atoms with Gasteiger partial charge in [-0.2, -0.15) is 0 Å². The van der Waals surface area contributed by atoms with E-state index in [1.54, 1.807) is 0 Å². The van der Waals surface area contributed by atoms with E-state index in [0.717, 1.165) is 0 Å². The van der Waals surface area contributed by atoms with Gasteiger partial charge in [0.05, 0.1) is 18.2 Å². The summed E-state index contributed by atoms with van der Waals surface area (Å²) < 4.78 is 0. The number of aromatic hydroxyl groups is 2. The highest BCUT2D eigenvalue weighted by atomic mass is 16.5. The van der Waals surface area contributed by atoms with Gasteiger partial charge in [-0.3, -0.25) is 24.4 Å². The molecule has 0 radical (unpaired) electrons. The minimum Gasteiger partial charge on any atom is -0.504 e. The zero-order valence-corrected chi connectivity index (χ0v) is 16.8. The number of nitrogens with zero attached hydrogens (tertiary/aromatic N) is 1. The molecular formula is C19H27N5O7. The van der Waals surface area contributed by atoms with Crippen LogP contribution in [0, 0.1) is 0 Å². The van der Waals surface area contributed by atoms with E-state index in [-0.39, 0.29) is 31.6 Å².